The minimum absolute atomic E-state index is 0.0754. The fraction of sp³-hybridized carbons (Fsp3) is 0.227. The van der Waals surface area contributed by atoms with Crippen LogP contribution in [0.3, 0.4) is 0 Å². The molecule has 1 aliphatic rings. The highest BCUT2D eigenvalue weighted by molar-refractivity contribution is 7.13. The highest BCUT2D eigenvalue weighted by Gasteiger charge is 2.24. The zero-order valence-corrected chi connectivity index (χ0v) is 16.8. The van der Waals surface area contributed by atoms with Crippen LogP contribution in [0, 0.1) is 12.7 Å². The van der Waals surface area contributed by atoms with Gasteiger partial charge >= 0.3 is 0 Å². The second-order valence-electron chi connectivity index (χ2n) is 7.05. The van der Waals surface area contributed by atoms with E-state index in [4.69, 9.17) is 0 Å². The van der Waals surface area contributed by atoms with Gasteiger partial charge in [-0.05, 0) is 31.5 Å². The van der Waals surface area contributed by atoms with E-state index in [1.807, 2.05) is 36.6 Å². The lowest BCUT2D eigenvalue weighted by atomic mass is 10.2. The summed E-state index contributed by atoms with van der Waals surface area (Å²) in [6.07, 6.45) is 1.28. The van der Waals surface area contributed by atoms with Crippen LogP contribution < -0.4 is 10.2 Å². The molecule has 0 saturated carbocycles. The van der Waals surface area contributed by atoms with Gasteiger partial charge in [0.25, 0.3) is 0 Å². The van der Waals surface area contributed by atoms with E-state index in [1.54, 1.807) is 6.07 Å². The Morgan fingerprint density at radius 1 is 1.24 bits per heavy atom. The Labute approximate surface area is 172 Å². The Morgan fingerprint density at radius 2 is 2.03 bits per heavy atom. The van der Waals surface area contributed by atoms with Gasteiger partial charge in [0.15, 0.2) is 0 Å². The van der Waals surface area contributed by atoms with Gasteiger partial charge in [-0.15, -0.1) is 11.3 Å². The third-order valence-electron chi connectivity index (χ3n) is 4.79. The molecule has 0 bridgehead atoms. The minimum atomic E-state index is -0.520. The van der Waals surface area contributed by atoms with Gasteiger partial charge in [0.1, 0.15) is 10.8 Å². The summed E-state index contributed by atoms with van der Waals surface area (Å²) in [7, 11) is 0. The average molecular weight is 409 g/mol. The summed E-state index contributed by atoms with van der Waals surface area (Å²) in [6, 6.07) is 12.5. The molecule has 1 N–H and O–H groups in total. The van der Waals surface area contributed by atoms with Crippen molar-refractivity contribution in [1.29, 1.82) is 0 Å². The molecule has 1 fully saturated rings. The zero-order valence-electron chi connectivity index (χ0n) is 15.9. The van der Waals surface area contributed by atoms with E-state index in [-0.39, 0.29) is 23.9 Å². The van der Waals surface area contributed by atoms with Crippen LogP contribution in [0.2, 0.25) is 0 Å². The monoisotopic (exact) mass is 409 g/mol. The zero-order chi connectivity index (χ0) is 20.4. The van der Waals surface area contributed by atoms with Crippen molar-refractivity contribution < 1.29 is 14.0 Å². The molecular weight excluding hydrogens is 389 g/mol. The van der Waals surface area contributed by atoms with Gasteiger partial charge in [-0.3, -0.25) is 9.59 Å². The van der Waals surface area contributed by atoms with Crippen molar-refractivity contribution in [2.45, 2.75) is 26.2 Å². The van der Waals surface area contributed by atoms with Gasteiger partial charge in [-0.25, -0.2) is 9.37 Å². The summed E-state index contributed by atoms with van der Waals surface area (Å²) < 4.78 is 14.4. The number of halogens is 1. The number of carbonyl (C=O) groups is 2. The Hall–Kier alpha value is -3.06. The Balaban J connectivity index is 1.40. The van der Waals surface area contributed by atoms with Crippen molar-refractivity contribution >= 4 is 34.5 Å². The van der Waals surface area contributed by atoms with Crippen LogP contribution in [0.25, 0.3) is 10.6 Å². The van der Waals surface area contributed by atoms with E-state index in [0.29, 0.717) is 24.3 Å². The van der Waals surface area contributed by atoms with Crippen LogP contribution in [-0.4, -0.2) is 23.3 Å². The van der Waals surface area contributed by atoms with Crippen molar-refractivity contribution in [1.82, 2.24) is 4.98 Å². The van der Waals surface area contributed by atoms with Gasteiger partial charge in [-0.1, -0.05) is 29.8 Å². The summed E-state index contributed by atoms with van der Waals surface area (Å²) in [5.74, 6) is -0.864. The number of hydrogen-bond donors (Lipinski definition) is 1. The number of hydrogen-bond acceptors (Lipinski definition) is 4. The fourth-order valence-corrected chi connectivity index (χ4v) is 4.12. The molecule has 2 aromatic carbocycles. The molecule has 4 rings (SSSR count). The molecule has 0 spiro atoms. The summed E-state index contributed by atoms with van der Waals surface area (Å²) in [5, 5.41) is 5.42. The average Bonchev–Trinajstić information content (AvgIpc) is 3.32. The number of amides is 2. The maximum absolute atomic E-state index is 14.4. The van der Waals surface area contributed by atoms with Crippen LogP contribution >= 0.6 is 11.3 Å². The van der Waals surface area contributed by atoms with Crippen molar-refractivity contribution in [3.05, 3.63) is 64.9 Å². The number of benzene rings is 2. The summed E-state index contributed by atoms with van der Waals surface area (Å²) in [6.45, 7) is 2.55. The highest BCUT2D eigenvalue weighted by Crippen LogP contribution is 2.27. The molecule has 0 unspecified atom stereocenters. The Kier molecular flexibility index (Phi) is 5.40. The van der Waals surface area contributed by atoms with Gasteiger partial charge in [0.05, 0.1) is 17.8 Å². The van der Waals surface area contributed by atoms with Crippen molar-refractivity contribution in [3.63, 3.8) is 0 Å². The predicted molar refractivity (Wildman–Crippen MR) is 113 cm³/mol. The lowest BCUT2D eigenvalue weighted by Crippen LogP contribution is -2.24. The van der Waals surface area contributed by atoms with Crippen LogP contribution in [0.1, 0.15) is 24.1 Å². The van der Waals surface area contributed by atoms with E-state index in [0.717, 1.165) is 17.0 Å². The SMILES string of the molecule is Cc1ccc(-c2nc(CC(=O)Nc3ccc(N4CCCC4=O)c(F)c3)cs2)cc1. The third kappa shape index (κ3) is 4.35. The number of thiazole rings is 1. The van der Waals surface area contributed by atoms with E-state index in [1.165, 1.54) is 33.9 Å². The van der Waals surface area contributed by atoms with E-state index >= 15 is 0 Å². The van der Waals surface area contributed by atoms with Crippen LogP contribution in [0.5, 0.6) is 0 Å². The molecule has 7 heteroatoms. The molecule has 29 heavy (non-hydrogen) atoms. The Morgan fingerprint density at radius 3 is 2.72 bits per heavy atom. The first-order valence-corrected chi connectivity index (χ1v) is 10.3. The van der Waals surface area contributed by atoms with Crippen molar-refractivity contribution in [2.24, 2.45) is 0 Å². The summed E-state index contributed by atoms with van der Waals surface area (Å²) >= 11 is 1.49. The van der Waals surface area contributed by atoms with Gasteiger partial charge in [0.2, 0.25) is 11.8 Å². The number of carbonyl (C=O) groups excluding carboxylic acids is 2. The molecule has 0 atom stereocenters. The quantitative estimate of drug-likeness (QED) is 0.672. The summed E-state index contributed by atoms with van der Waals surface area (Å²) in [5.41, 5.74) is 3.48. The number of nitrogens with one attached hydrogen (secondary N) is 1. The Bertz CT molecular complexity index is 1060. The lowest BCUT2D eigenvalue weighted by Gasteiger charge is -2.17. The standard InChI is InChI=1S/C22H20FN3O2S/c1-14-4-6-15(7-5-14)22-25-17(13-29-22)12-20(27)24-16-8-9-19(18(23)11-16)26-10-2-3-21(26)28/h4-9,11,13H,2-3,10,12H2,1H3,(H,24,27). The molecule has 2 amide bonds. The molecule has 5 nitrogen and oxygen atoms in total. The maximum atomic E-state index is 14.4. The predicted octanol–water partition coefficient (Wildman–Crippen LogP) is 4.57. The first-order chi connectivity index (χ1) is 14.0. The smallest absolute Gasteiger partial charge is 0.230 e. The van der Waals surface area contributed by atoms with Crippen molar-refractivity contribution in [3.8, 4) is 10.6 Å². The highest BCUT2D eigenvalue weighted by atomic mass is 32.1. The van der Waals surface area contributed by atoms with Crippen LogP contribution in [0.15, 0.2) is 47.8 Å². The normalized spacial score (nSPS) is 13.7. The number of nitrogens with zero attached hydrogens (tertiary/aromatic N) is 2. The number of rotatable bonds is 5. The van der Waals surface area contributed by atoms with E-state index < -0.39 is 5.82 Å². The molecule has 1 saturated heterocycles. The molecule has 148 valence electrons. The van der Waals surface area contributed by atoms with E-state index in [2.05, 4.69) is 10.3 Å². The van der Waals surface area contributed by atoms with Gasteiger partial charge in [-0.2, -0.15) is 0 Å². The fourth-order valence-electron chi connectivity index (χ4n) is 3.29. The molecule has 3 aromatic rings. The first-order valence-electron chi connectivity index (χ1n) is 9.41. The van der Waals surface area contributed by atoms with Gasteiger partial charge in [0, 0.05) is 29.6 Å². The molecule has 1 aliphatic heterocycles. The van der Waals surface area contributed by atoms with Crippen molar-refractivity contribution in [2.75, 3.05) is 16.8 Å². The molecular formula is C22H20FN3O2S. The largest absolute Gasteiger partial charge is 0.326 e. The molecule has 2 heterocycles. The maximum Gasteiger partial charge on any atom is 0.230 e. The number of aryl methyl sites for hydroxylation is 1. The second-order valence-corrected chi connectivity index (χ2v) is 7.91. The minimum Gasteiger partial charge on any atom is -0.326 e. The van der Waals surface area contributed by atoms with Gasteiger partial charge < -0.3 is 10.2 Å². The topological polar surface area (TPSA) is 62.3 Å². The molecule has 0 aliphatic carbocycles. The number of anilines is 2. The number of aromatic nitrogens is 1. The summed E-state index contributed by atoms with van der Waals surface area (Å²) in [4.78, 5) is 30.1. The lowest BCUT2D eigenvalue weighted by molar-refractivity contribution is -0.117. The van der Waals surface area contributed by atoms with E-state index in [9.17, 15) is 14.0 Å². The molecule has 1 aromatic heterocycles. The second kappa shape index (κ2) is 8.13. The first kappa shape index (κ1) is 19.3. The third-order valence-corrected chi connectivity index (χ3v) is 5.73. The van der Waals surface area contributed by atoms with Crippen LogP contribution in [-0.2, 0) is 16.0 Å². The molecule has 0 radical (unpaired) electrons. The van der Waals surface area contributed by atoms with Crippen LogP contribution in [0.4, 0.5) is 15.8 Å².